The summed E-state index contributed by atoms with van der Waals surface area (Å²) in [6, 6.07) is 0. The summed E-state index contributed by atoms with van der Waals surface area (Å²) in [6.07, 6.45) is -0.707. The lowest BCUT2D eigenvalue weighted by Gasteiger charge is -2.40. The molecule has 3 atom stereocenters. The van der Waals surface area contributed by atoms with E-state index in [1.54, 1.807) is 0 Å². The number of carbonyl (C=O) groups is 2. The van der Waals surface area contributed by atoms with E-state index in [1.807, 2.05) is 6.92 Å². The van der Waals surface area contributed by atoms with E-state index < -0.39 is 15.8 Å². The molecule has 0 aliphatic carbocycles. The first-order valence-electron chi connectivity index (χ1n) is 6.16. The second-order valence-electron chi connectivity index (χ2n) is 4.15. The average molecular weight is 427 g/mol. The first-order chi connectivity index (χ1) is 10.3. The van der Waals surface area contributed by atoms with Crippen LogP contribution in [0.25, 0.3) is 0 Å². The van der Waals surface area contributed by atoms with Crippen LogP contribution in [0.1, 0.15) is 6.92 Å². The fraction of sp³-hybridized carbons (Fsp3) is 0.727. The Balaban J connectivity index is 2.66. The Morgan fingerprint density at radius 2 is 2.23 bits per heavy atom. The standard InChI is InChI=1S/C11H14Cl3NO4S3/c1-2-21-10(20)22-9-7(8(17)15-9)6(3-18-5-16)19-4-11(12,13)14/h5-7,9H,2-4H2,1H3,(H,15,17)/t6?,7-,9-/m1/s1. The molecular formula is C11H14Cl3NO4S3. The minimum atomic E-state index is -1.62. The van der Waals surface area contributed by atoms with E-state index in [-0.39, 0.29) is 31.0 Å². The van der Waals surface area contributed by atoms with Gasteiger partial charge >= 0.3 is 0 Å². The van der Waals surface area contributed by atoms with Crippen molar-refractivity contribution in [3.8, 4) is 0 Å². The maximum absolute atomic E-state index is 11.8. The molecule has 1 fully saturated rings. The molecule has 5 nitrogen and oxygen atoms in total. The number of alkyl halides is 3. The molecule has 1 saturated heterocycles. The third-order valence-corrected chi connectivity index (χ3v) is 5.58. The normalized spacial score (nSPS) is 22.5. The van der Waals surface area contributed by atoms with Gasteiger partial charge in [-0.3, -0.25) is 9.59 Å². The highest BCUT2D eigenvalue weighted by molar-refractivity contribution is 8.47. The Morgan fingerprint density at radius 1 is 1.55 bits per heavy atom. The molecule has 1 aliphatic rings. The van der Waals surface area contributed by atoms with Crippen LogP contribution in [-0.2, 0) is 19.1 Å². The van der Waals surface area contributed by atoms with Gasteiger partial charge in [-0.15, -0.1) is 11.8 Å². The molecule has 22 heavy (non-hydrogen) atoms. The molecule has 126 valence electrons. The maximum Gasteiger partial charge on any atom is 0.293 e. The largest absolute Gasteiger partial charge is 0.465 e. The molecule has 1 rings (SSSR count). The number of thioether (sulfide) groups is 2. The lowest BCUT2D eigenvalue weighted by Crippen LogP contribution is -2.62. The Bertz CT molecular complexity index is 422. The van der Waals surface area contributed by atoms with E-state index in [4.69, 9.17) is 56.5 Å². The van der Waals surface area contributed by atoms with Crippen LogP contribution in [-0.4, -0.2) is 50.1 Å². The van der Waals surface area contributed by atoms with Crippen molar-refractivity contribution >= 4 is 86.5 Å². The highest BCUT2D eigenvalue weighted by Crippen LogP contribution is 2.35. The summed E-state index contributed by atoms with van der Waals surface area (Å²) in [5, 5.41) is 2.48. The van der Waals surface area contributed by atoms with Crippen LogP contribution in [0.5, 0.6) is 0 Å². The fourth-order valence-electron chi connectivity index (χ4n) is 1.68. The Labute approximate surface area is 157 Å². The number of hydrogen-bond acceptors (Lipinski definition) is 7. The lowest BCUT2D eigenvalue weighted by molar-refractivity contribution is -0.148. The van der Waals surface area contributed by atoms with Crippen molar-refractivity contribution in [3.05, 3.63) is 0 Å². The van der Waals surface area contributed by atoms with Gasteiger partial charge in [0.25, 0.3) is 6.47 Å². The molecule has 1 aliphatic heterocycles. The van der Waals surface area contributed by atoms with Gasteiger partial charge in [-0.1, -0.05) is 65.7 Å². The van der Waals surface area contributed by atoms with Crippen LogP contribution in [0, 0.1) is 5.92 Å². The van der Waals surface area contributed by atoms with Crippen LogP contribution < -0.4 is 5.32 Å². The Kier molecular flexibility index (Phi) is 9.14. The topological polar surface area (TPSA) is 64.6 Å². The number of hydrogen-bond donors (Lipinski definition) is 1. The zero-order chi connectivity index (χ0) is 16.8. The van der Waals surface area contributed by atoms with Gasteiger partial charge in [-0.2, -0.15) is 0 Å². The minimum absolute atomic E-state index is 0.104. The van der Waals surface area contributed by atoms with Crippen LogP contribution in [0.3, 0.4) is 0 Å². The summed E-state index contributed by atoms with van der Waals surface area (Å²) < 4.78 is 9.26. The highest BCUT2D eigenvalue weighted by atomic mass is 35.6. The zero-order valence-corrected chi connectivity index (χ0v) is 16.1. The van der Waals surface area contributed by atoms with Crippen LogP contribution >= 0.6 is 70.5 Å². The number of halogens is 3. The molecule has 1 heterocycles. The van der Waals surface area contributed by atoms with Crippen molar-refractivity contribution in [3.63, 3.8) is 0 Å². The number of β-lactam (4-membered cyclic amide) rings is 1. The molecule has 0 spiro atoms. The summed E-state index contributed by atoms with van der Waals surface area (Å²) in [5.41, 5.74) is 0. The molecule has 0 aromatic carbocycles. The molecule has 11 heteroatoms. The van der Waals surface area contributed by atoms with E-state index in [9.17, 15) is 9.59 Å². The summed E-state index contributed by atoms with van der Waals surface area (Å²) >= 11 is 25.0. The van der Waals surface area contributed by atoms with Crippen molar-refractivity contribution in [2.24, 2.45) is 5.92 Å². The van der Waals surface area contributed by atoms with Gasteiger partial charge in [0.1, 0.15) is 16.2 Å². The van der Waals surface area contributed by atoms with E-state index in [2.05, 4.69) is 5.32 Å². The van der Waals surface area contributed by atoms with Crippen LogP contribution in [0.15, 0.2) is 0 Å². The maximum atomic E-state index is 11.8. The summed E-state index contributed by atoms with van der Waals surface area (Å²) in [4.78, 5) is 22.2. The summed E-state index contributed by atoms with van der Waals surface area (Å²) in [7, 11) is 0. The van der Waals surface area contributed by atoms with Crippen molar-refractivity contribution in [2.75, 3.05) is 19.0 Å². The molecule has 1 unspecified atom stereocenters. The Hall–Kier alpha value is 0.560. The van der Waals surface area contributed by atoms with Crippen molar-refractivity contribution in [1.29, 1.82) is 0 Å². The fourth-order valence-corrected chi connectivity index (χ4v) is 4.53. The number of rotatable bonds is 8. The molecule has 0 radical (unpaired) electrons. The van der Waals surface area contributed by atoms with Crippen molar-refractivity contribution in [2.45, 2.75) is 22.2 Å². The smallest absolute Gasteiger partial charge is 0.293 e. The SMILES string of the molecule is CCSC(=S)S[C@H]1NC(=O)[C@H]1C(COC=O)OCC(Cl)(Cl)Cl. The Morgan fingerprint density at radius 3 is 2.73 bits per heavy atom. The number of carbonyl (C=O) groups excluding carboxylic acids is 2. The highest BCUT2D eigenvalue weighted by Gasteiger charge is 2.47. The van der Waals surface area contributed by atoms with Gasteiger partial charge in [-0.25, -0.2) is 0 Å². The number of ether oxygens (including phenoxy) is 2. The third kappa shape index (κ3) is 6.98. The van der Waals surface area contributed by atoms with E-state index in [0.717, 1.165) is 5.75 Å². The van der Waals surface area contributed by atoms with Crippen LogP contribution in [0.4, 0.5) is 0 Å². The van der Waals surface area contributed by atoms with Gasteiger partial charge in [-0.05, 0) is 5.75 Å². The lowest BCUT2D eigenvalue weighted by atomic mass is 9.95. The molecule has 1 amide bonds. The van der Waals surface area contributed by atoms with Gasteiger partial charge in [0, 0.05) is 0 Å². The van der Waals surface area contributed by atoms with Gasteiger partial charge in [0.15, 0.2) is 0 Å². The number of amides is 1. The predicted molar refractivity (Wildman–Crippen MR) is 95.8 cm³/mol. The zero-order valence-electron chi connectivity index (χ0n) is 11.4. The quantitative estimate of drug-likeness (QED) is 0.277. The third-order valence-electron chi connectivity index (χ3n) is 2.59. The van der Waals surface area contributed by atoms with Gasteiger partial charge < -0.3 is 14.8 Å². The van der Waals surface area contributed by atoms with Gasteiger partial charge in [0.2, 0.25) is 9.70 Å². The van der Waals surface area contributed by atoms with Crippen molar-refractivity contribution in [1.82, 2.24) is 5.32 Å². The van der Waals surface area contributed by atoms with E-state index >= 15 is 0 Å². The first-order valence-corrected chi connectivity index (χ1v) is 9.56. The summed E-state index contributed by atoms with van der Waals surface area (Å²) in [6.45, 7) is 1.94. The molecule has 0 saturated carbocycles. The van der Waals surface area contributed by atoms with Crippen molar-refractivity contribution < 1.29 is 19.1 Å². The second-order valence-corrected chi connectivity index (χ2v) is 10.3. The molecule has 1 N–H and O–H groups in total. The predicted octanol–water partition coefficient (Wildman–Crippen LogP) is 2.76. The first kappa shape index (κ1) is 20.6. The average Bonchev–Trinajstić information content (AvgIpc) is 2.40. The monoisotopic (exact) mass is 425 g/mol. The number of nitrogens with one attached hydrogen (secondary N) is 1. The van der Waals surface area contributed by atoms with Crippen LogP contribution in [0.2, 0.25) is 0 Å². The molecule has 0 aromatic heterocycles. The summed E-state index contributed by atoms with van der Waals surface area (Å²) in [5.74, 6) is 0.0943. The molecule has 0 aromatic rings. The van der Waals surface area contributed by atoms with E-state index in [0.29, 0.717) is 3.53 Å². The minimum Gasteiger partial charge on any atom is -0.465 e. The number of thiocarbonyl (C=S) groups is 1. The van der Waals surface area contributed by atoms with Gasteiger partial charge in [0.05, 0.1) is 17.9 Å². The second kappa shape index (κ2) is 9.76. The van der Waals surface area contributed by atoms with E-state index in [1.165, 1.54) is 23.5 Å². The molecule has 0 bridgehead atoms. The molecular weight excluding hydrogens is 413 g/mol.